The zero-order chi connectivity index (χ0) is 28.1. The highest BCUT2D eigenvalue weighted by atomic mass is 16.6. The van der Waals surface area contributed by atoms with Crippen LogP contribution in [0.1, 0.15) is 43.6 Å². The summed E-state index contributed by atoms with van der Waals surface area (Å²) in [6.07, 6.45) is -1.77. The van der Waals surface area contributed by atoms with Crippen molar-refractivity contribution in [1.82, 2.24) is 16.2 Å². The van der Waals surface area contributed by atoms with Gasteiger partial charge in [-0.1, -0.05) is 30.3 Å². The molecule has 2 aromatic carbocycles. The van der Waals surface area contributed by atoms with Gasteiger partial charge in [0.15, 0.2) is 6.61 Å². The molecule has 0 saturated carbocycles. The molecule has 2 rings (SSSR count). The second kappa shape index (κ2) is 14.2. The summed E-state index contributed by atoms with van der Waals surface area (Å²) in [5.41, 5.74) is 4.88. The van der Waals surface area contributed by atoms with Crippen LogP contribution in [0, 0.1) is 0 Å². The monoisotopic (exact) mass is 528 g/mol. The molecule has 0 fully saturated rings. The van der Waals surface area contributed by atoms with E-state index in [0.717, 1.165) is 5.56 Å². The maximum Gasteiger partial charge on any atom is 0.426 e. The van der Waals surface area contributed by atoms with E-state index in [0.29, 0.717) is 11.3 Å². The van der Waals surface area contributed by atoms with Gasteiger partial charge in [-0.15, -0.1) is 0 Å². The van der Waals surface area contributed by atoms with E-state index in [9.17, 15) is 24.0 Å². The molecular formula is C26H32N4O8. The van der Waals surface area contributed by atoms with Gasteiger partial charge in [-0.3, -0.25) is 15.0 Å². The molecule has 0 aliphatic heterocycles. The summed E-state index contributed by atoms with van der Waals surface area (Å²) in [6, 6.07) is 13.8. The number of alkyl carbamates (subject to hydrolysis) is 1. The number of benzene rings is 2. The molecule has 0 aliphatic carbocycles. The second-order valence-corrected chi connectivity index (χ2v) is 8.92. The number of hydrogen-bond donors (Lipinski definition) is 4. The molecule has 0 bridgehead atoms. The molecule has 38 heavy (non-hydrogen) atoms. The first kappa shape index (κ1) is 29.6. The minimum Gasteiger partial charge on any atom is -0.462 e. The van der Waals surface area contributed by atoms with Gasteiger partial charge in [0.05, 0.1) is 12.2 Å². The molecule has 204 valence electrons. The number of rotatable bonds is 9. The number of ether oxygens (including phenoxy) is 3. The van der Waals surface area contributed by atoms with E-state index in [1.54, 1.807) is 52.0 Å². The van der Waals surface area contributed by atoms with Crippen LogP contribution in [-0.4, -0.2) is 54.8 Å². The largest absolute Gasteiger partial charge is 0.462 e. The van der Waals surface area contributed by atoms with Gasteiger partial charge in [-0.25, -0.2) is 19.8 Å². The Kier molecular flexibility index (Phi) is 11.1. The second-order valence-electron chi connectivity index (χ2n) is 8.92. The average molecular weight is 529 g/mol. The van der Waals surface area contributed by atoms with Gasteiger partial charge < -0.3 is 24.8 Å². The third-order valence-electron chi connectivity index (χ3n) is 4.59. The van der Waals surface area contributed by atoms with Crippen LogP contribution in [-0.2, 0) is 30.2 Å². The van der Waals surface area contributed by atoms with Crippen molar-refractivity contribution < 1.29 is 38.2 Å². The highest BCUT2D eigenvalue weighted by Crippen LogP contribution is 2.11. The third-order valence-corrected chi connectivity index (χ3v) is 4.59. The minimum atomic E-state index is -1.10. The van der Waals surface area contributed by atoms with Crippen LogP contribution in [0.15, 0.2) is 54.6 Å². The molecule has 2 aromatic rings. The highest BCUT2D eigenvalue weighted by molar-refractivity contribution is 5.94. The molecule has 0 saturated heterocycles. The smallest absolute Gasteiger partial charge is 0.426 e. The number of esters is 1. The first-order valence-electron chi connectivity index (χ1n) is 11.8. The zero-order valence-electron chi connectivity index (χ0n) is 21.7. The molecule has 12 heteroatoms. The normalized spacial score (nSPS) is 11.4. The van der Waals surface area contributed by atoms with E-state index in [1.165, 1.54) is 24.3 Å². The van der Waals surface area contributed by atoms with Crippen LogP contribution in [0.5, 0.6) is 0 Å². The van der Waals surface area contributed by atoms with Crippen molar-refractivity contribution in [2.45, 2.75) is 45.8 Å². The molecule has 4 amide bonds. The number of nitrogens with one attached hydrogen (secondary N) is 4. The van der Waals surface area contributed by atoms with E-state index in [2.05, 4.69) is 16.1 Å². The lowest BCUT2D eigenvalue weighted by atomic mass is 10.1. The first-order valence-corrected chi connectivity index (χ1v) is 11.8. The Morgan fingerprint density at radius 3 is 2.11 bits per heavy atom. The number of hydrazine groups is 1. The van der Waals surface area contributed by atoms with E-state index in [-0.39, 0.29) is 13.0 Å². The molecule has 12 nitrogen and oxygen atoms in total. The highest BCUT2D eigenvalue weighted by Gasteiger charge is 2.25. The summed E-state index contributed by atoms with van der Waals surface area (Å²) in [7, 11) is 0. The topological polar surface area (TPSA) is 161 Å². The van der Waals surface area contributed by atoms with Gasteiger partial charge in [0.25, 0.3) is 11.8 Å². The summed E-state index contributed by atoms with van der Waals surface area (Å²) in [5.74, 6) is -1.87. The molecule has 4 N–H and O–H groups in total. The van der Waals surface area contributed by atoms with Gasteiger partial charge in [0, 0.05) is 12.1 Å². The van der Waals surface area contributed by atoms with Crippen LogP contribution in [0.25, 0.3) is 0 Å². The standard InChI is InChI=1S/C26H32N4O8/c1-5-36-23(33)18-11-13-19(14-12-18)27-21(31)16-37-25(35)30-29-22(32)20(15-17-9-7-6-8-10-17)28-24(34)38-26(2,3)4/h6-14,20H,5,15-16H2,1-4H3,(H,27,31)(H,28,34)(H,29,32)(H,30,35)/t20-/m1/s1. The van der Waals surface area contributed by atoms with Crippen molar-refractivity contribution in [1.29, 1.82) is 0 Å². The Bertz CT molecular complexity index is 1110. The lowest BCUT2D eigenvalue weighted by Gasteiger charge is -2.23. The van der Waals surface area contributed by atoms with Crippen molar-refractivity contribution in [3.63, 3.8) is 0 Å². The molecule has 0 spiro atoms. The van der Waals surface area contributed by atoms with E-state index in [4.69, 9.17) is 14.2 Å². The van der Waals surface area contributed by atoms with Crippen molar-refractivity contribution in [3.05, 3.63) is 65.7 Å². The fourth-order valence-corrected chi connectivity index (χ4v) is 2.98. The van der Waals surface area contributed by atoms with E-state index >= 15 is 0 Å². The third kappa shape index (κ3) is 11.0. The van der Waals surface area contributed by atoms with Crippen molar-refractivity contribution in [2.75, 3.05) is 18.5 Å². The quantitative estimate of drug-likeness (QED) is 0.219. The Labute approximate surface area is 220 Å². The number of anilines is 1. The Morgan fingerprint density at radius 1 is 0.842 bits per heavy atom. The number of amides is 4. The molecule has 0 aliphatic rings. The first-order chi connectivity index (χ1) is 18.0. The van der Waals surface area contributed by atoms with E-state index in [1.807, 2.05) is 11.5 Å². The van der Waals surface area contributed by atoms with Gasteiger partial charge >= 0.3 is 18.2 Å². The van der Waals surface area contributed by atoms with Crippen molar-refractivity contribution in [2.24, 2.45) is 0 Å². The summed E-state index contributed by atoms with van der Waals surface area (Å²) in [4.78, 5) is 60.6. The fourth-order valence-electron chi connectivity index (χ4n) is 2.98. The lowest BCUT2D eigenvalue weighted by molar-refractivity contribution is -0.124. The van der Waals surface area contributed by atoms with Crippen LogP contribution in [0.2, 0.25) is 0 Å². The molecule has 0 heterocycles. The molecule has 0 radical (unpaired) electrons. The Morgan fingerprint density at radius 2 is 1.50 bits per heavy atom. The maximum atomic E-state index is 12.7. The number of carbonyl (C=O) groups excluding carboxylic acids is 5. The van der Waals surface area contributed by atoms with E-state index < -0.39 is 48.2 Å². The SMILES string of the molecule is CCOC(=O)c1ccc(NC(=O)COC(=O)NNC(=O)[C@@H](Cc2ccccc2)NC(=O)OC(C)(C)C)cc1. The molecular weight excluding hydrogens is 496 g/mol. The summed E-state index contributed by atoms with van der Waals surface area (Å²) in [6.45, 7) is 6.34. The molecule has 0 aromatic heterocycles. The van der Waals surface area contributed by atoms with Crippen molar-refractivity contribution >= 4 is 35.7 Å². The van der Waals surface area contributed by atoms with Gasteiger partial charge in [0.2, 0.25) is 0 Å². The number of carbonyl (C=O) groups is 5. The minimum absolute atomic E-state index is 0.125. The summed E-state index contributed by atoms with van der Waals surface area (Å²) >= 11 is 0. The predicted molar refractivity (Wildman–Crippen MR) is 137 cm³/mol. The zero-order valence-corrected chi connectivity index (χ0v) is 21.7. The Balaban J connectivity index is 1.84. The van der Waals surface area contributed by atoms with Gasteiger partial charge in [-0.05, 0) is 57.5 Å². The van der Waals surface area contributed by atoms with Gasteiger partial charge in [-0.2, -0.15) is 0 Å². The lowest BCUT2D eigenvalue weighted by Crippen LogP contribution is -2.54. The van der Waals surface area contributed by atoms with Crippen molar-refractivity contribution in [3.8, 4) is 0 Å². The Hall–Kier alpha value is -4.61. The maximum absolute atomic E-state index is 12.7. The average Bonchev–Trinajstić information content (AvgIpc) is 2.85. The number of hydrogen-bond acceptors (Lipinski definition) is 8. The molecule has 0 unspecified atom stereocenters. The predicted octanol–water partition coefficient (Wildman–Crippen LogP) is 2.70. The van der Waals surface area contributed by atoms with Crippen LogP contribution >= 0.6 is 0 Å². The summed E-state index contributed by atoms with van der Waals surface area (Å²) < 4.78 is 14.9. The fraction of sp³-hybridized carbons (Fsp3) is 0.346. The van der Waals surface area contributed by atoms with Crippen LogP contribution < -0.4 is 21.5 Å². The summed E-state index contributed by atoms with van der Waals surface area (Å²) in [5, 5.41) is 4.98. The van der Waals surface area contributed by atoms with Gasteiger partial charge in [0.1, 0.15) is 11.6 Å². The van der Waals surface area contributed by atoms with Crippen LogP contribution in [0.3, 0.4) is 0 Å². The molecule has 1 atom stereocenters. The van der Waals surface area contributed by atoms with Crippen LogP contribution in [0.4, 0.5) is 15.3 Å².